The third-order valence-electron chi connectivity index (χ3n) is 4.00. The number of benzene rings is 2. The average molecular weight is 420 g/mol. The highest BCUT2D eigenvalue weighted by molar-refractivity contribution is 6.31. The summed E-state index contributed by atoms with van der Waals surface area (Å²) < 4.78 is 23.4. The largest absolute Gasteiger partial charge is 0.489 e. The maximum Gasteiger partial charge on any atom is 0.277 e. The van der Waals surface area contributed by atoms with Crippen LogP contribution in [0, 0.1) is 5.82 Å². The minimum atomic E-state index is -0.453. The lowest BCUT2D eigenvalue weighted by molar-refractivity contribution is 0.0944. The van der Waals surface area contributed by atoms with Crippen molar-refractivity contribution in [3.63, 3.8) is 0 Å². The molecule has 8 nitrogen and oxygen atoms in total. The highest BCUT2D eigenvalue weighted by Gasteiger charge is 2.15. The van der Waals surface area contributed by atoms with Crippen molar-refractivity contribution in [2.45, 2.75) is 13.2 Å². The van der Waals surface area contributed by atoms with E-state index in [4.69, 9.17) is 22.1 Å². The van der Waals surface area contributed by atoms with Gasteiger partial charge in [0.15, 0.2) is 0 Å². The predicted octanol–water partition coefficient (Wildman–Crippen LogP) is 2.54. The van der Waals surface area contributed by atoms with Gasteiger partial charge in [-0.1, -0.05) is 35.9 Å². The number of hydrogen-bond donors (Lipinski definition) is 3. The number of ether oxygens (including phenoxy) is 1. The molecule has 10 heteroatoms. The molecular formula is C19H19ClFN5O3. The van der Waals surface area contributed by atoms with Gasteiger partial charge in [0.05, 0.1) is 5.02 Å². The molecule has 3 rings (SSSR count). The monoisotopic (exact) mass is 419 g/mol. The molecule has 0 radical (unpaired) electrons. The number of rotatable bonds is 9. The number of para-hydroxylation sites is 1. The molecule has 4 N–H and O–H groups in total. The molecule has 0 fully saturated rings. The minimum Gasteiger partial charge on any atom is -0.489 e. The Morgan fingerprint density at radius 2 is 2.00 bits per heavy atom. The van der Waals surface area contributed by atoms with Crippen LogP contribution in [-0.2, 0) is 13.2 Å². The molecule has 0 spiro atoms. The van der Waals surface area contributed by atoms with Gasteiger partial charge in [-0.15, -0.1) is 0 Å². The van der Waals surface area contributed by atoms with E-state index in [9.17, 15) is 9.18 Å². The number of anilines is 1. The smallest absolute Gasteiger partial charge is 0.277 e. The molecule has 0 saturated carbocycles. The van der Waals surface area contributed by atoms with Crippen molar-refractivity contribution in [2.75, 3.05) is 18.8 Å². The maximum atomic E-state index is 13.1. The van der Waals surface area contributed by atoms with Gasteiger partial charge in [-0.2, -0.15) is 0 Å². The van der Waals surface area contributed by atoms with Crippen molar-refractivity contribution in [1.29, 1.82) is 0 Å². The summed E-state index contributed by atoms with van der Waals surface area (Å²) in [6.45, 7) is 1.62. The van der Waals surface area contributed by atoms with Gasteiger partial charge < -0.3 is 21.1 Å². The number of carbonyl (C=O) groups excluding carboxylic acids is 1. The lowest BCUT2D eigenvalue weighted by Crippen LogP contribution is -2.32. The summed E-state index contributed by atoms with van der Waals surface area (Å²) in [5.41, 5.74) is 7.06. The number of nitrogens with one attached hydrogen (secondary N) is 2. The number of aromatic nitrogens is 2. The van der Waals surface area contributed by atoms with Gasteiger partial charge in [-0.25, -0.2) is 9.02 Å². The molecule has 1 heterocycles. The van der Waals surface area contributed by atoms with Crippen LogP contribution in [0.5, 0.6) is 5.75 Å². The quantitative estimate of drug-likeness (QED) is 0.456. The van der Waals surface area contributed by atoms with Crippen molar-refractivity contribution in [1.82, 2.24) is 20.9 Å². The minimum absolute atomic E-state index is 0.0387. The van der Waals surface area contributed by atoms with Gasteiger partial charge in [0, 0.05) is 30.8 Å². The second-order valence-corrected chi connectivity index (χ2v) is 6.47. The number of carbonyl (C=O) groups is 1. The molecule has 0 unspecified atom stereocenters. The van der Waals surface area contributed by atoms with E-state index < -0.39 is 11.7 Å². The zero-order valence-electron chi connectivity index (χ0n) is 15.3. The van der Waals surface area contributed by atoms with Crippen molar-refractivity contribution in [2.24, 2.45) is 0 Å². The van der Waals surface area contributed by atoms with E-state index in [1.165, 1.54) is 12.1 Å². The van der Waals surface area contributed by atoms with Gasteiger partial charge in [0.25, 0.3) is 5.91 Å². The highest BCUT2D eigenvalue weighted by atomic mass is 35.5. The predicted molar refractivity (Wildman–Crippen MR) is 105 cm³/mol. The van der Waals surface area contributed by atoms with Crippen LogP contribution in [0.15, 0.2) is 47.1 Å². The molecule has 0 aliphatic rings. The molecule has 1 amide bonds. The summed E-state index contributed by atoms with van der Waals surface area (Å²) in [5.74, 6) is -0.211. The zero-order chi connectivity index (χ0) is 20.6. The summed E-state index contributed by atoms with van der Waals surface area (Å²) in [4.78, 5) is 11.8. The molecule has 0 atom stereocenters. The van der Waals surface area contributed by atoms with Crippen LogP contribution < -0.4 is 21.1 Å². The Morgan fingerprint density at radius 3 is 2.76 bits per heavy atom. The van der Waals surface area contributed by atoms with Gasteiger partial charge in [0.2, 0.25) is 11.5 Å². The first kappa shape index (κ1) is 20.6. The SMILES string of the molecule is Nc1nonc1C(=O)NCCNCc1ccccc1OCc1ccc(F)cc1Cl. The number of amides is 1. The second kappa shape index (κ2) is 9.85. The average Bonchev–Trinajstić information content (AvgIpc) is 3.14. The molecule has 2 aromatic carbocycles. The summed E-state index contributed by atoms with van der Waals surface area (Å²) in [6, 6.07) is 11.7. The Morgan fingerprint density at radius 1 is 1.17 bits per heavy atom. The first-order chi connectivity index (χ1) is 14.0. The third-order valence-corrected chi connectivity index (χ3v) is 4.35. The summed E-state index contributed by atoms with van der Waals surface area (Å²) in [6.07, 6.45) is 0. The van der Waals surface area contributed by atoms with Gasteiger partial charge >= 0.3 is 0 Å². The number of nitrogens with zero attached hydrogens (tertiary/aromatic N) is 2. The second-order valence-electron chi connectivity index (χ2n) is 6.06. The van der Waals surface area contributed by atoms with Crippen LogP contribution in [0.2, 0.25) is 5.02 Å². The van der Waals surface area contributed by atoms with Gasteiger partial charge in [-0.05, 0) is 28.5 Å². The molecular weight excluding hydrogens is 401 g/mol. The van der Waals surface area contributed by atoms with E-state index in [1.807, 2.05) is 24.3 Å². The normalized spacial score (nSPS) is 10.7. The van der Waals surface area contributed by atoms with E-state index in [0.29, 0.717) is 36.0 Å². The Bertz CT molecular complexity index is 982. The Hall–Kier alpha value is -3.17. The molecule has 152 valence electrons. The number of hydrogen-bond acceptors (Lipinski definition) is 7. The van der Waals surface area contributed by atoms with E-state index in [0.717, 1.165) is 5.56 Å². The Kier molecular flexibility index (Phi) is 6.99. The molecule has 0 aliphatic carbocycles. The summed E-state index contributed by atoms with van der Waals surface area (Å²) in [5, 5.41) is 13.0. The van der Waals surface area contributed by atoms with Gasteiger partial charge in [-0.3, -0.25) is 4.79 Å². The first-order valence-electron chi connectivity index (χ1n) is 8.76. The van der Waals surface area contributed by atoms with Crippen molar-refractivity contribution in [3.8, 4) is 5.75 Å². The first-order valence-corrected chi connectivity index (χ1v) is 9.14. The summed E-state index contributed by atoms with van der Waals surface area (Å²) >= 11 is 6.04. The maximum absolute atomic E-state index is 13.1. The molecule has 3 aromatic rings. The van der Waals surface area contributed by atoms with Crippen LogP contribution in [0.3, 0.4) is 0 Å². The van der Waals surface area contributed by atoms with Crippen LogP contribution in [0.4, 0.5) is 10.2 Å². The standard InChI is InChI=1S/C19H19ClFN5O3/c20-15-9-14(21)6-5-13(15)11-28-16-4-2-1-3-12(16)10-23-7-8-24-19(27)17-18(22)26-29-25-17/h1-6,9,23H,7-8,10-11H2,(H2,22,26)(H,24,27). The van der Waals surface area contributed by atoms with E-state index >= 15 is 0 Å². The Labute approximate surface area is 171 Å². The number of halogens is 2. The fraction of sp³-hybridized carbons (Fsp3) is 0.211. The third kappa shape index (κ3) is 5.66. The molecule has 0 saturated heterocycles. The topological polar surface area (TPSA) is 115 Å². The van der Waals surface area contributed by atoms with Crippen molar-refractivity contribution in [3.05, 3.63) is 70.1 Å². The fourth-order valence-corrected chi connectivity index (χ4v) is 2.73. The molecule has 1 aromatic heterocycles. The van der Waals surface area contributed by atoms with E-state index in [-0.39, 0.29) is 18.1 Å². The number of nitrogens with two attached hydrogens (primary N) is 1. The molecule has 0 bridgehead atoms. The lowest BCUT2D eigenvalue weighted by atomic mass is 10.2. The zero-order valence-corrected chi connectivity index (χ0v) is 16.1. The van der Waals surface area contributed by atoms with Crippen LogP contribution in [0.1, 0.15) is 21.6 Å². The van der Waals surface area contributed by atoms with E-state index in [1.54, 1.807) is 6.07 Å². The van der Waals surface area contributed by atoms with Gasteiger partial charge in [0.1, 0.15) is 18.2 Å². The van der Waals surface area contributed by atoms with Crippen molar-refractivity contribution >= 4 is 23.3 Å². The van der Waals surface area contributed by atoms with Crippen LogP contribution >= 0.6 is 11.6 Å². The molecule has 29 heavy (non-hydrogen) atoms. The van der Waals surface area contributed by atoms with Crippen LogP contribution in [-0.4, -0.2) is 29.3 Å². The highest BCUT2D eigenvalue weighted by Crippen LogP contribution is 2.22. The fourth-order valence-electron chi connectivity index (χ4n) is 2.51. The lowest BCUT2D eigenvalue weighted by Gasteiger charge is -2.13. The van der Waals surface area contributed by atoms with E-state index in [2.05, 4.69) is 25.6 Å². The number of nitrogen functional groups attached to an aromatic ring is 1. The Balaban J connectivity index is 1.46. The molecule has 0 aliphatic heterocycles. The van der Waals surface area contributed by atoms with Crippen LogP contribution in [0.25, 0.3) is 0 Å². The summed E-state index contributed by atoms with van der Waals surface area (Å²) in [7, 11) is 0. The van der Waals surface area contributed by atoms with Crippen molar-refractivity contribution < 1.29 is 18.6 Å².